The lowest BCUT2D eigenvalue weighted by Gasteiger charge is -2.32. The Bertz CT molecular complexity index is 1360. The number of rotatable bonds is 13. The van der Waals surface area contributed by atoms with Crippen LogP contribution in [0.3, 0.4) is 0 Å². The summed E-state index contributed by atoms with van der Waals surface area (Å²) in [5.74, 6) is 0.00101. The van der Waals surface area contributed by atoms with Crippen molar-refractivity contribution in [2.45, 2.75) is 45.2 Å². The summed E-state index contributed by atoms with van der Waals surface area (Å²) in [5, 5.41) is 2.89. The molecule has 40 heavy (non-hydrogen) atoms. The molecule has 0 aromatic heterocycles. The van der Waals surface area contributed by atoms with Crippen molar-refractivity contribution >= 4 is 43.5 Å². The third kappa shape index (κ3) is 8.32. The van der Waals surface area contributed by atoms with Gasteiger partial charge in [0.2, 0.25) is 11.8 Å². The summed E-state index contributed by atoms with van der Waals surface area (Å²) in [6.45, 7) is 8.04. The smallest absolute Gasteiger partial charge is 0.264 e. The molecule has 3 rings (SSSR count). The topological polar surface area (TPSA) is 96.0 Å². The minimum atomic E-state index is -4.12. The quantitative estimate of drug-likeness (QED) is 0.279. The zero-order valence-electron chi connectivity index (χ0n) is 23.2. The molecule has 0 aliphatic heterocycles. The van der Waals surface area contributed by atoms with Gasteiger partial charge in [-0.3, -0.25) is 13.9 Å². The Labute approximate surface area is 245 Å². The van der Waals surface area contributed by atoms with Gasteiger partial charge in [-0.1, -0.05) is 60.1 Å². The van der Waals surface area contributed by atoms with Crippen LogP contribution in [0.15, 0.2) is 88.2 Å². The molecule has 8 nitrogen and oxygen atoms in total. The lowest BCUT2D eigenvalue weighted by molar-refractivity contribution is -0.139. The van der Waals surface area contributed by atoms with Gasteiger partial charge in [0, 0.05) is 17.6 Å². The largest absolute Gasteiger partial charge is 0.494 e. The predicted molar refractivity (Wildman–Crippen MR) is 161 cm³/mol. The van der Waals surface area contributed by atoms with E-state index in [2.05, 4.69) is 21.2 Å². The molecule has 214 valence electrons. The normalized spacial score (nSPS) is 12.1. The maximum absolute atomic E-state index is 13.9. The molecule has 0 fully saturated rings. The molecule has 0 heterocycles. The molecule has 0 saturated heterocycles. The molecule has 0 bridgehead atoms. The Kier molecular flexibility index (Phi) is 11.2. The number of anilines is 1. The maximum Gasteiger partial charge on any atom is 0.264 e. The molecule has 0 radical (unpaired) electrons. The lowest BCUT2D eigenvalue weighted by atomic mass is 10.1. The summed E-state index contributed by atoms with van der Waals surface area (Å²) in [7, 11) is -4.12. The second-order valence-corrected chi connectivity index (χ2v) is 12.5. The van der Waals surface area contributed by atoms with Crippen molar-refractivity contribution in [3.63, 3.8) is 0 Å². The van der Waals surface area contributed by atoms with Gasteiger partial charge in [0.25, 0.3) is 10.0 Å². The van der Waals surface area contributed by atoms with Gasteiger partial charge in [-0.15, -0.1) is 0 Å². The molecule has 3 aromatic carbocycles. The van der Waals surface area contributed by atoms with Gasteiger partial charge < -0.3 is 15.0 Å². The van der Waals surface area contributed by atoms with Gasteiger partial charge in [-0.05, 0) is 73.9 Å². The van der Waals surface area contributed by atoms with Crippen LogP contribution in [-0.2, 0) is 26.2 Å². The Morgan fingerprint density at radius 2 is 1.55 bits per heavy atom. The van der Waals surface area contributed by atoms with Crippen LogP contribution in [0.1, 0.15) is 33.3 Å². The molecule has 0 unspecified atom stereocenters. The SMILES string of the molecule is CCOc1ccc(N(CC(=O)N(Cc2ccc(Br)cc2)[C@@H](C)C(=O)NCC(C)C)S(=O)(=O)c2ccccc2)cc1. The molecular formula is C30H36BrN3O5S. The van der Waals surface area contributed by atoms with Gasteiger partial charge in [-0.25, -0.2) is 8.42 Å². The summed E-state index contributed by atoms with van der Waals surface area (Å²) < 4.78 is 35.1. The number of hydrogen-bond donors (Lipinski definition) is 1. The number of carbonyl (C=O) groups excluding carboxylic acids is 2. The fraction of sp³-hybridized carbons (Fsp3) is 0.333. The molecule has 10 heteroatoms. The number of nitrogens with zero attached hydrogens (tertiary/aromatic N) is 2. The number of halogens is 1. The molecule has 0 aliphatic carbocycles. The van der Waals surface area contributed by atoms with Gasteiger partial charge in [-0.2, -0.15) is 0 Å². The van der Waals surface area contributed by atoms with Crippen LogP contribution in [0.2, 0.25) is 0 Å². The fourth-order valence-electron chi connectivity index (χ4n) is 3.95. The summed E-state index contributed by atoms with van der Waals surface area (Å²) in [6.07, 6.45) is 0. The number of sulfonamides is 1. The van der Waals surface area contributed by atoms with E-state index in [4.69, 9.17) is 4.74 Å². The van der Waals surface area contributed by atoms with E-state index in [0.29, 0.717) is 24.6 Å². The number of amides is 2. The number of hydrogen-bond acceptors (Lipinski definition) is 5. The highest BCUT2D eigenvalue weighted by Crippen LogP contribution is 2.26. The van der Waals surface area contributed by atoms with Crippen molar-refractivity contribution < 1.29 is 22.7 Å². The maximum atomic E-state index is 13.9. The van der Waals surface area contributed by atoms with Crippen molar-refractivity contribution in [1.82, 2.24) is 10.2 Å². The fourth-order valence-corrected chi connectivity index (χ4v) is 5.64. The van der Waals surface area contributed by atoms with Crippen LogP contribution in [0, 0.1) is 5.92 Å². The summed E-state index contributed by atoms with van der Waals surface area (Å²) in [4.78, 5) is 28.5. The first-order valence-electron chi connectivity index (χ1n) is 13.1. The third-order valence-electron chi connectivity index (χ3n) is 6.16. The Morgan fingerprint density at radius 1 is 0.925 bits per heavy atom. The van der Waals surface area contributed by atoms with E-state index in [1.54, 1.807) is 49.4 Å². The average Bonchev–Trinajstić information content (AvgIpc) is 2.95. The van der Waals surface area contributed by atoms with E-state index in [1.807, 2.05) is 45.0 Å². The van der Waals surface area contributed by atoms with Crippen LogP contribution in [-0.4, -0.2) is 50.9 Å². The highest BCUT2D eigenvalue weighted by molar-refractivity contribution is 9.10. The van der Waals surface area contributed by atoms with Crippen molar-refractivity contribution in [2.75, 3.05) is 24.0 Å². The second kappa shape index (κ2) is 14.3. The van der Waals surface area contributed by atoms with Gasteiger partial charge in [0.05, 0.1) is 17.2 Å². The van der Waals surface area contributed by atoms with Gasteiger partial charge in [0.15, 0.2) is 0 Å². The van der Waals surface area contributed by atoms with E-state index in [0.717, 1.165) is 14.3 Å². The first-order chi connectivity index (χ1) is 19.0. The zero-order chi connectivity index (χ0) is 29.3. The van der Waals surface area contributed by atoms with Crippen molar-refractivity contribution in [2.24, 2.45) is 5.92 Å². The van der Waals surface area contributed by atoms with Crippen LogP contribution in [0.5, 0.6) is 5.75 Å². The van der Waals surface area contributed by atoms with Gasteiger partial charge in [0.1, 0.15) is 18.3 Å². The molecule has 0 aliphatic rings. The average molecular weight is 631 g/mol. The van der Waals surface area contributed by atoms with E-state index in [1.165, 1.54) is 17.0 Å². The molecule has 1 atom stereocenters. The standard InChI is InChI=1S/C30H36BrN3O5S/c1-5-39-27-17-15-26(16-18-27)34(40(37,38)28-9-7-6-8-10-28)21-29(35)33(20-24-11-13-25(31)14-12-24)23(4)30(36)32-19-22(2)3/h6-18,22-23H,5,19-21H2,1-4H3,(H,32,36)/t23-/m0/s1. The Morgan fingerprint density at radius 3 is 2.12 bits per heavy atom. The molecule has 1 N–H and O–H groups in total. The molecule has 0 saturated carbocycles. The summed E-state index contributed by atoms with van der Waals surface area (Å²) in [5.41, 5.74) is 1.11. The van der Waals surface area contributed by atoms with Crippen molar-refractivity contribution in [3.05, 3.63) is 88.9 Å². The second-order valence-electron chi connectivity index (χ2n) is 9.71. The van der Waals surface area contributed by atoms with E-state index >= 15 is 0 Å². The minimum absolute atomic E-state index is 0.0545. The summed E-state index contributed by atoms with van der Waals surface area (Å²) >= 11 is 3.42. The van der Waals surface area contributed by atoms with E-state index < -0.39 is 28.5 Å². The van der Waals surface area contributed by atoms with Crippen LogP contribution < -0.4 is 14.4 Å². The number of ether oxygens (including phenoxy) is 1. The number of benzene rings is 3. The van der Waals surface area contributed by atoms with Gasteiger partial charge >= 0.3 is 0 Å². The first kappa shape index (κ1) is 31.2. The third-order valence-corrected chi connectivity index (χ3v) is 8.48. The van der Waals surface area contributed by atoms with Crippen LogP contribution >= 0.6 is 15.9 Å². The van der Waals surface area contributed by atoms with Crippen molar-refractivity contribution in [1.29, 1.82) is 0 Å². The Balaban J connectivity index is 1.99. The number of nitrogens with one attached hydrogen (secondary N) is 1. The monoisotopic (exact) mass is 629 g/mol. The lowest BCUT2D eigenvalue weighted by Crippen LogP contribution is -2.51. The number of carbonyl (C=O) groups is 2. The van der Waals surface area contributed by atoms with Crippen molar-refractivity contribution in [3.8, 4) is 5.75 Å². The molecule has 2 amide bonds. The predicted octanol–water partition coefficient (Wildman–Crippen LogP) is 5.23. The van der Waals surface area contributed by atoms with Crippen LogP contribution in [0.4, 0.5) is 5.69 Å². The summed E-state index contributed by atoms with van der Waals surface area (Å²) in [6, 6.07) is 21.1. The minimum Gasteiger partial charge on any atom is -0.494 e. The van der Waals surface area contributed by atoms with E-state index in [9.17, 15) is 18.0 Å². The molecule has 3 aromatic rings. The first-order valence-corrected chi connectivity index (χ1v) is 15.4. The highest BCUT2D eigenvalue weighted by atomic mass is 79.9. The molecular weight excluding hydrogens is 594 g/mol. The van der Waals surface area contributed by atoms with Crippen LogP contribution in [0.25, 0.3) is 0 Å². The Hall–Kier alpha value is -3.37. The van der Waals surface area contributed by atoms with E-state index in [-0.39, 0.29) is 23.3 Å². The molecule has 0 spiro atoms. The highest BCUT2D eigenvalue weighted by Gasteiger charge is 2.32. The zero-order valence-corrected chi connectivity index (χ0v) is 25.6.